The molecule has 0 aromatic carbocycles. The van der Waals surface area contributed by atoms with Crippen LogP contribution in [0.15, 0.2) is 4.99 Å². The summed E-state index contributed by atoms with van der Waals surface area (Å²) in [7, 11) is 3.46. The fourth-order valence-corrected chi connectivity index (χ4v) is 1.88. The van der Waals surface area contributed by atoms with Crippen LogP contribution in [0.2, 0.25) is 0 Å². The van der Waals surface area contributed by atoms with Crippen molar-refractivity contribution in [3.63, 3.8) is 0 Å². The summed E-state index contributed by atoms with van der Waals surface area (Å²) in [5.41, 5.74) is 0. The van der Waals surface area contributed by atoms with E-state index in [4.69, 9.17) is 0 Å². The van der Waals surface area contributed by atoms with Gasteiger partial charge < -0.3 is 10.2 Å². The van der Waals surface area contributed by atoms with E-state index in [0.29, 0.717) is 19.5 Å². The van der Waals surface area contributed by atoms with Gasteiger partial charge in [0.15, 0.2) is 5.96 Å². The van der Waals surface area contributed by atoms with E-state index < -0.39 is 12.7 Å². The Morgan fingerprint density at radius 3 is 2.23 bits per heavy atom. The number of alkyl halides is 3. The quantitative estimate of drug-likeness (QED) is 0.260. The van der Waals surface area contributed by atoms with Crippen molar-refractivity contribution in [1.29, 1.82) is 0 Å². The Kier molecular flexibility index (Phi) is 14.4. The molecule has 22 heavy (non-hydrogen) atoms. The van der Waals surface area contributed by atoms with Gasteiger partial charge >= 0.3 is 6.18 Å². The fraction of sp³-hybridized carbons (Fsp3) is 0.929. The highest BCUT2D eigenvalue weighted by molar-refractivity contribution is 14.0. The summed E-state index contributed by atoms with van der Waals surface area (Å²) in [6.07, 6.45) is -1.31. The van der Waals surface area contributed by atoms with E-state index in [9.17, 15) is 13.2 Å². The number of rotatable bonds is 9. The van der Waals surface area contributed by atoms with Gasteiger partial charge in [0.1, 0.15) is 0 Å². The van der Waals surface area contributed by atoms with E-state index >= 15 is 0 Å². The summed E-state index contributed by atoms with van der Waals surface area (Å²) in [6, 6.07) is 0. The van der Waals surface area contributed by atoms with E-state index in [1.165, 1.54) is 11.9 Å². The third-order valence-corrected chi connectivity index (χ3v) is 2.95. The van der Waals surface area contributed by atoms with Crippen LogP contribution >= 0.6 is 24.0 Å². The van der Waals surface area contributed by atoms with E-state index in [1.807, 2.05) is 14.0 Å². The number of hydrogen-bond donors (Lipinski definition) is 1. The number of hydrogen-bond acceptors (Lipinski definition) is 2. The Morgan fingerprint density at radius 2 is 1.73 bits per heavy atom. The number of halogens is 4. The van der Waals surface area contributed by atoms with Crippen LogP contribution in [0, 0.1) is 0 Å². The molecule has 0 heterocycles. The van der Waals surface area contributed by atoms with Crippen LogP contribution in [0.1, 0.15) is 33.1 Å². The maximum absolute atomic E-state index is 12.2. The molecular formula is C14H30F3IN4. The molecular weight excluding hydrogens is 408 g/mol. The number of nitrogens with zero attached hydrogens (tertiary/aromatic N) is 3. The highest BCUT2D eigenvalue weighted by Gasteiger charge is 2.28. The molecule has 0 aromatic heterocycles. The molecule has 0 rings (SSSR count). The molecule has 0 bridgehead atoms. The van der Waals surface area contributed by atoms with Gasteiger partial charge in [0.05, 0.1) is 6.54 Å². The van der Waals surface area contributed by atoms with Gasteiger partial charge in [-0.25, -0.2) is 0 Å². The summed E-state index contributed by atoms with van der Waals surface area (Å²) in [6.45, 7) is 5.89. The fourth-order valence-electron chi connectivity index (χ4n) is 1.88. The molecule has 8 heteroatoms. The summed E-state index contributed by atoms with van der Waals surface area (Å²) in [5.74, 6) is 0.824. The minimum atomic E-state index is -4.13. The minimum Gasteiger partial charge on any atom is -0.357 e. The third-order valence-electron chi connectivity index (χ3n) is 2.95. The number of unbranched alkanes of at least 4 members (excludes halogenated alkanes) is 1. The number of aliphatic imine (C=N–C) groups is 1. The van der Waals surface area contributed by atoms with Crippen LogP contribution in [0.4, 0.5) is 13.2 Å². The lowest BCUT2D eigenvalue weighted by molar-refractivity contribution is -0.143. The largest absolute Gasteiger partial charge is 0.401 e. The van der Waals surface area contributed by atoms with Crippen LogP contribution in [-0.4, -0.2) is 68.8 Å². The molecule has 0 saturated heterocycles. The smallest absolute Gasteiger partial charge is 0.357 e. The van der Waals surface area contributed by atoms with Crippen LogP contribution in [0.5, 0.6) is 0 Å². The van der Waals surface area contributed by atoms with E-state index in [-0.39, 0.29) is 24.0 Å². The molecule has 0 aliphatic rings. The number of nitrogens with one attached hydrogen (secondary N) is 1. The predicted molar refractivity (Wildman–Crippen MR) is 97.1 cm³/mol. The van der Waals surface area contributed by atoms with Crippen molar-refractivity contribution in [3.05, 3.63) is 0 Å². The van der Waals surface area contributed by atoms with Gasteiger partial charge in [-0.2, -0.15) is 13.2 Å². The molecule has 0 spiro atoms. The molecule has 0 aliphatic carbocycles. The molecule has 0 fully saturated rings. The summed E-state index contributed by atoms with van der Waals surface area (Å²) < 4.78 is 36.5. The first-order valence-electron chi connectivity index (χ1n) is 7.54. The van der Waals surface area contributed by atoms with Gasteiger partial charge in [0.25, 0.3) is 0 Å². The molecule has 134 valence electrons. The second kappa shape index (κ2) is 13.2. The topological polar surface area (TPSA) is 30.9 Å². The van der Waals surface area contributed by atoms with E-state index in [2.05, 4.69) is 22.1 Å². The van der Waals surface area contributed by atoms with Crippen molar-refractivity contribution in [1.82, 2.24) is 15.1 Å². The Morgan fingerprint density at radius 1 is 1.09 bits per heavy atom. The third kappa shape index (κ3) is 13.4. The zero-order valence-electron chi connectivity index (χ0n) is 14.0. The molecule has 0 radical (unpaired) electrons. The van der Waals surface area contributed by atoms with Gasteiger partial charge in [0.2, 0.25) is 0 Å². The Bertz CT molecular complexity index is 298. The highest BCUT2D eigenvalue weighted by atomic mass is 127. The van der Waals surface area contributed by atoms with Crippen molar-refractivity contribution in [2.24, 2.45) is 4.99 Å². The van der Waals surface area contributed by atoms with Crippen molar-refractivity contribution in [2.75, 3.05) is 46.8 Å². The minimum absolute atomic E-state index is 0. The molecule has 1 N–H and O–H groups in total. The van der Waals surface area contributed by atoms with Crippen LogP contribution in [0.3, 0.4) is 0 Å². The molecule has 0 unspecified atom stereocenters. The monoisotopic (exact) mass is 438 g/mol. The average molecular weight is 438 g/mol. The predicted octanol–water partition coefficient (Wildman–Crippen LogP) is 3.19. The Hall–Kier alpha value is -0.250. The maximum atomic E-state index is 12.2. The summed E-state index contributed by atoms with van der Waals surface area (Å²) in [5, 5.41) is 3.20. The second-order valence-electron chi connectivity index (χ2n) is 5.22. The standard InChI is InChI=1S/C14H29F3N4.HI/c1-5-7-11-21(4)13(18-6-2)19-9-8-10-20(3)12-14(15,16)17;/h5-12H2,1-4H3,(H,18,19);1H. The second-order valence-corrected chi connectivity index (χ2v) is 5.22. The van der Waals surface area contributed by atoms with Crippen LogP contribution in [0.25, 0.3) is 0 Å². The summed E-state index contributed by atoms with van der Waals surface area (Å²) >= 11 is 0. The molecule has 0 amide bonds. The van der Waals surface area contributed by atoms with Crippen molar-refractivity contribution in [2.45, 2.75) is 39.3 Å². The molecule has 0 saturated carbocycles. The number of guanidine groups is 1. The lowest BCUT2D eigenvalue weighted by atomic mass is 10.3. The van der Waals surface area contributed by atoms with Crippen LogP contribution < -0.4 is 5.32 Å². The normalized spacial score (nSPS) is 12.3. The van der Waals surface area contributed by atoms with Gasteiger partial charge in [-0.15, -0.1) is 24.0 Å². The molecule has 4 nitrogen and oxygen atoms in total. The highest BCUT2D eigenvalue weighted by Crippen LogP contribution is 2.15. The maximum Gasteiger partial charge on any atom is 0.401 e. The van der Waals surface area contributed by atoms with Crippen molar-refractivity contribution < 1.29 is 13.2 Å². The van der Waals surface area contributed by atoms with E-state index in [1.54, 1.807) is 0 Å². The van der Waals surface area contributed by atoms with Gasteiger partial charge in [-0.1, -0.05) is 13.3 Å². The van der Waals surface area contributed by atoms with Gasteiger partial charge in [0, 0.05) is 26.7 Å². The first-order chi connectivity index (χ1) is 9.80. The first kappa shape index (κ1) is 24.0. The average Bonchev–Trinajstić information content (AvgIpc) is 2.37. The van der Waals surface area contributed by atoms with Crippen molar-refractivity contribution >= 4 is 29.9 Å². The zero-order chi connectivity index (χ0) is 16.3. The van der Waals surface area contributed by atoms with Crippen molar-refractivity contribution in [3.8, 4) is 0 Å². The van der Waals surface area contributed by atoms with E-state index in [0.717, 1.165) is 31.9 Å². The Balaban J connectivity index is 0. The lowest BCUT2D eigenvalue weighted by Crippen LogP contribution is -2.39. The lowest BCUT2D eigenvalue weighted by Gasteiger charge is -2.22. The SMILES string of the molecule is CCCCN(C)C(=NCCCN(C)CC(F)(F)F)NCC.I. The molecule has 0 atom stereocenters. The van der Waals surface area contributed by atoms with Gasteiger partial charge in [-0.05, 0) is 33.4 Å². The summed E-state index contributed by atoms with van der Waals surface area (Å²) in [4.78, 5) is 7.80. The zero-order valence-corrected chi connectivity index (χ0v) is 16.4. The first-order valence-corrected chi connectivity index (χ1v) is 7.54. The molecule has 0 aromatic rings. The van der Waals surface area contributed by atoms with Gasteiger partial charge in [-0.3, -0.25) is 9.89 Å². The molecule has 0 aliphatic heterocycles. The van der Waals surface area contributed by atoms with Crippen LogP contribution in [-0.2, 0) is 0 Å². The Labute approximate surface area is 149 Å².